The number of urea groups is 1. The second kappa shape index (κ2) is 10.1. The topological polar surface area (TPSA) is 121 Å². The lowest BCUT2D eigenvalue weighted by molar-refractivity contribution is -0.135. The minimum atomic E-state index is -0.817. The summed E-state index contributed by atoms with van der Waals surface area (Å²) < 4.78 is 11.3. The molecule has 0 aliphatic carbocycles. The molecule has 1 aromatic carbocycles. The number of nitrogens with one attached hydrogen (secondary N) is 2. The lowest BCUT2D eigenvalue weighted by Gasteiger charge is -2.34. The fourth-order valence-corrected chi connectivity index (χ4v) is 4.22. The molecule has 2 N–H and O–H groups in total. The highest BCUT2D eigenvalue weighted by Gasteiger charge is 2.33. The van der Waals surface area contributed by atoms with Gasteiger partial charge in [0.15, 0.2) is 0 Å². The smallest absolute Gasteiger partial charge is 0.322 e. The molecule has 3 heterocycles. The molecule has 1 atom stereocenters. The van der Waals surface area contributed by atoms with Crippen LogP contribution in [0.15, 0.2) is 39.7 Å². The van der Waals surface area contributed by atoms with E-state index >= 15 is 0 Å². The van der Waals surface area contributed by atoms with Crippen LogP contribution < -0.4 is 20.8 Å². The van der Waals surface area contributed by atoms with Crippen molar-refractivity contribution in [3.63, 3.8) is 0 Å². The SMILES string of the molecule is Cc1cc(C)cc(COc2coc(CN3CCN(C(=O)C[C@@H]4NC(=O)NC4=O)CC3)cc2=O)c1. The first kappa shape index (κ1) is 23.5. The van der Waals surface area contributed by atoms with Crippen molar-refractivity contribution < 1.29 is 23.5 Å². The molecule has 0 spiro atoms. The Labute approximate surface area is 196 Å². The Morgan fingerprint density at radius 2 is 1.76 bits per heavy atom. The summed E-state index contributed by atoms with van der Waals surface area (Å²) in [7, 11) is 0. The fraction of sp³-hybridized carbons (Fsp3) is 0.417. The number of carbonyl (C=O) groups excluding carboxylic acids is 3. The number of imide groups is 1. The molecule has 0 bridgehead atoms. The standard InChI is InChI=1S/C24H28N4O6/c1-15-7-16(2)9-17(8-15)13-34-21-14-33-18(10-20(21)29)12-27-3-5-28(6-4-27)22(30)11-19-23(31)26-24(32)25-19/h7-10,14,19H,3-6,11-13H2,1-2H3,(H2,25,26,31,32)/t19-/m0/s1. The maximum atomic E-state index is 12.5. The van der Waals surface area contributed by atoms with Crippen LogP contribution in [-0.2, 0) is 22.7 Å². The average Bonchev–Trinajstić information content (AvgIpc) is 3.09. The van der Waals surface area contributed by atoms with Crippen LogP contribution in [0.25, 0.3) is 0 Å². The molecular formula is C24H28N4O6. The van der Waals surface area contributed by atoms with Gasteiger partial charge in [-0.25, -0.2) is 4.79 Å². The van der Waals surface area contributed by atoms with Gasteiger partial charge in [-0.2, -0.15) is 0 Å². The highest BCUT2D eigenvalue weighted by atomic mass is 16.5. The molecule has 2 aliphatic heterocycles. The molecule has 4 amide bonds. The molecule has 2 aliphatic rings. The minimum Gasteiger partial charge on any atom is -0.482 e. The summed E-state index contributed by atoms with van der Waals surface area (Å²) in [6, 6.07) is 6.17. The van der Waals surface area contributed by atoms with E-state index in [4.69, 9.17) is 9.15 Å². The van der Waals surface area contributed by atoms with Crippen molar-refractivity contribution in [1.82, 2.24) is 20.4 Å². The van der Waals surface area contributed by atoms with Gasteiger partial charge >= 0.3 is 6.03 Å². The maximum absolute atomic E-state index is 12.5. The van der Waals surface area contributed by atoms with E-state index in [0.717, 1.165) is 16.7 Å². The van der Waals surface area contributed by atoms with Crippen LogP contribution in [0.3, 0.4) is 0 Å². The number of aryl methyl sites for hydroxylation is 2. The molecule has 4 rings (SSSR count). The van der Waals surface area contributed by atoms with Crippen LogP contribution in [0.4, 0.5) is 4.79 Å². The van der Waals surface area contributed by atoms with Crippen molar-refractivity contribution in [3.05, 3.63) is 63.2 Å². The summed E-state index contributed by atoms with van der Waals surface area (Å²) in [6.45, 7) is 6.94. The van der Waals surface area contributed by atoms with Gasteiger partial charge < -0.3 is 19.4 Å². The molecule has 1 aromatic heterocycles. The van der Waals surface area contributed by atoms with Crippen LogP contribution in [-0.4, -0.2) is 59.9 Å². The highest BCUT2D eigenvalue weighted by molar-refractivity contribution is 6.05. The van der Waals surface area contributed by atoms with Crippen molar-refractivity contribution in [2.75, 3.05) is 26.2 Å². The van der Waals surface area contributed by atoms with E-state index in [-0.39, 0.29) is 30.1 Å². The van der Waals surface area contributed by atoms with Gasteiger partial charge in [0.2, 0.25) is 17.1 Å². The van der Waals surface area contributed by atoms with Crippen molar-refractivity contribution in [2.45, 2.75) is 39.5 Å². The van der Waals surface area contributed by atoms with Crippen molar-refractivity contribution in [1.29, 1.82) is 0 Å². The van der Waals surface area contributed by atoms with E-state index in [2.05, 4.69) is 21.6 Å². The number of rotatable bonds is 7. The van der Waals surface area contributed by atoms with E-state index in [1.807, 2.05) is 26.0 Å². The third-order valence-electron chi connectivity index (χ3n) is 5.87. The Morgan fingerprint density at radius 1 is 1.06 bits per heavy atom. The molecule has 2 saturated heterocycles. The van der Waals surface area contributed by atoms with Crippen LogP contribution >= 0.6 is 0 Å². The normalized spacial score (nSPS) is 18.5. The number of carbonyl (C=O) groups is 3. The zero-order chi connectivity index (χ0) is 24.2. The van der Waals surface area contributed by atoms with Gasteiger partial charge in [-0.05, 0) is 19.4 Å². The van der Waals surface area contributed by atoms with Gasteiger partial charge in [0.1, 0.15) is 24.7 Å². The number of amides is 4. The quantitative estimate of drug-likeness (QED) is 0.583. The number of hydrogen-bond donors (Lipinski definition) is 2. The molecule has 180 valence electrons. The molecule has 2 aromatic rings. The molecule has 0 saturated carbocycles. The van der Waals surface area contributed by atoms with Crippen molar-refractivity contribution in [2.24, 2.45) is 0 Å². The van der Waals surface area contributed by atoms with Crippen LogP contribution in [0.1, 0.15) is 28.9 Å². The molecule has 10 nitrogen and oxygen atoms in total. The highest BCUT2D eigenvalue weighted by Crippen LogP contribution is 2.15. The van der Waals surface area contributed by atoms with Gasteiger partial charge in [-0.1, -0.05) is 29.3 Å². The van der Waals surface area contributed by atoms with Crippen molar-refractivity contribution >= 4 is 17.8 Å². The second-order valence-electron chi connectivity index (χ2n) is 8.74. The first-order chi connectivity index (χ1) is 16.3. The Kier molecular flexibility index (Phi) is 6.97. The number of hydrogen-bond acceptors (Lipinski definition) is 7. The molecule has 0 unspecified atom stereocenters. The second-order valence-corrected chi connectivity index (χ2v) is 8.74. The molecule has 10 heteroatoms. The van der Waals surface area contributed by atoms with E-state index in [9.17, 15) is 19.2 Å². The minimum absolute atomic E-state index is 0.0595. The summed E-state index contributed by atoms with van der Waals surface area (Å²) in [4.78, 5) is 51.5. The van der Waals surface area contributed by atoms with E-state index < -0.39 is 18.0 Å². The van der Waals surface area contributed by atoms with Gasteiger partial charge in [-0.15, -0.1) is 0 Å². The Balaban J connectivity index is 1.25. The van der Waals surface area contributed by atoms with Gasteiger partial charge in [0, 0.05) is 32.2 Å². The Bertz CT molecular complexity index is 1130. The van der Waals surface area contributed by atoms with E-state index in [1.165, 1.54) is 12.3 Å². The molecule has 0 radical (unpaired) electrons. The number of ether oxygens (including phenoxy) is 1. The lowest BCUT2D eigenvalue weighted by Crippen LogP contribution is -2.49. The molecular weight excluding hydrogens is 440 g/mol. The van der Waals surface area contributed by atoms with Crippen LogP contribution in [0.2, 0.25) is 0 Å². The van der Waals surface area contributed by atoms with Crippen molar-refractivity contribution in [3.8, 4) is 5.75 Å². The monoisotopic (exact) mass is 468 g/mol. The maximum Gasteiger partial charge on any atom is 0.322 e. The largest absolute Gasteiger partial charge is 0.482 e. The Morgan fingerprint density at radius 3 is 2.38 bits per heavy atom. The van der Waals surface area contributed by atoms with Crippen LogP contribution in [0.5, 0.6) is 5.75 Å². The molecule has 34 heavy (non-hydrogen) atoms. The summed E-state index contributed by atoms with van der Waals surface area (Å²) >= 11 is 0. The van der Waals surface area contributed by atoms with E-state index in [0.29, 0.717) is 38.5 Å². The zero-order valence-electron chi connectivity index (χ0n) is 19.3. The van der Waals surface area contributed by atoms with E-state index in [1.54, 1.807) is 4.90 Å². The zero-order valence-corrected chi connectivity index (χ0v) is 19.3. The number of piperazine rings is 1. The fourth-order valence-electron chi connectivity index (χ4n) is 4.22. The third-order valence-corrected chi connectivity index (χ3v) is 5.87. The predicted molar refractivity (Wildman–Crippen MR) is 122 cm³/mol. The summed E-state index contributed by atoms with van der Waals surface area (Å²) in [5, 5.41) is 4.56. The lowest BCUT2D eigenvalue weighted by atomic mass is 10.1. The number of nitrogens with zero attached hydrogens (tertiary/aromatic N) is 2. The summed E-state index contributed by atoms with van der Waals surface area (Å²) in [6.07, 6.45) is 1.29. The number of benzene rings is 1. The predicted octanol–water partition coefficient (Wildman–Crippen LogP) is 1.08. The van der Waals surface area contributed by atoms with Gasteiger partial charge in [0.05, 0.1) is 13.0 Å². The first-order valence-corrected chi connectivity index (χ1v) is 11.2. The third kappa shape index (κ3) is 5.82. The van der Waals surface area contributed by atoms with Crippen LogP contribution in [0, 0.1) is 13.8 Å². The molecule has 2 fully saturated rings. The summed E-state index contributed by atoms with van der Waals surface area (Å²) in [5.74, 6) is 0.0301. The summed E-state index contributed by atoms with van der Waals surface area (Å²) in [5.41, 5.74) is 3.03. The van der Waals surface area contributed by atoms with Gasteiger partial charge in [-0.3, -0.25) is 24.6 Å². The van der Waals surface area contributed by atoms with Gasteiger partial charge in [0.25, 0.3) is 5.91 Å². The average molecular weight is 469 g/mol. The first-order valence-electron chi connectivity index (χ1n) is 11.2. The Hall–Kier alpha value is -3.66.